The van der Waals surface area contributed by atoms with Crippen molar-refractivity contribution < 1.29 is 33.2 Å². The van der Waals surface area contributed by atoms with Gasteiger partial charge in [-0.3, -0.25) is 19.7 Å². The van der Waals surface area contributed by atoms with Crippen molar-refractivity contribution in [2.24, 2.45) is 0 Å². The lowest BCUT2D eigenvalue weighted by Crippen LogP contribution is -2.32. The number of carbonyl (C=O) groups excluding carboxylic acids is 3. The minimum atomic E-state index is -1.27. The van der Waals surface area contributed by atoms with Crippen molar-refractivity contribution in [3.05, 3.63) is 39.2 Å². The Kier molecular flexibility index (Phi) is 4.41. The first-order chi connectivity index (χ1) is 12.3. The van der Waals surface area contributed by atoms with E-state index in [0.717, 1.165) is 20.0 Å². The van der Waals surface area contributed by atoms with E-state index < -0.39 is 45.8 Å². The predicted octanol–water partition coefficient (Wildman–Crippen LogP) is 2.62. The van der Waals surface area contributed by atoms with Gasteiger partial charge in [-0.25, -0.2) is 14.1 Å². The third-order valence-corrected chi connectivity index (χ3v) is 4.22. The lowest BCUT2D eigenvalue weighted by Gasteiger charge is -2.16. The molecule has 0 N–H and O–H groups in total. The molecule has 0 bridgehead atoms. The SMILES string of the molecule is COC(=O)Oc1cc(F)c(N2C(=O)C3=C(CCCC3)C2=O)cc1[N+](=O)[O-]. The molecular formula is C16H13FN2O7. The number of anilines is 1. The van der Waals surface area contributed by atoms with Crippen LogP contribution in [0.5, 0.6) is 5.75 Å². The Hall–Kier alpha value is -3.30. The van der Waals surface area contributed by atoms with E-state index in [9.17, 15) is 28.9 Å². The average molecular weight is 364 g/mol. The molecule has 26 heavy (non-hydrogen) atoms. The molecule has 0 fully saturated rings. The van der Waals surface area contributed by atoms with Crippen LogP contribution in [0.4, 0.5) is 20.6 Å². The number of methoxy groups -OCH3 is 1. The summed E-state index contributed by atoms with van der Waals surface area (Å²) in [6, 6.07) is 1.27. The van der Waals surface area contributed by atoms with Crippen molar-refractivity contribution in [3.8, 4) is 5.75 Å². The summed E-state index contributed by atoms with van der Waals surface area (Å²) in [5.74, 6) is -3.17. The first kappa shape index (κ1) is 17.5. The first-order valence-electron chi connectivity index (χ1n) is 7.69. The van der Waals surface area contributed by atoms with Crippen LogP contribution in [0.3, 0.4) is 0 Å². The Balaban J connectivity index is 2.05. The zero-order valence-electron chi connectivity index (χ0n) is 13.6. The van der Waals surface area contributed by atoms with Crippen LogP contribution in [0.1, 0.15) is 25.7 Å². The van der Waals surface area contributed by atoms with E-state index in [1.54, 1.807) is 0 Å². The van der Waals surface area contributed by atoms with Gasteiger partial charge in [0.05, 0.1) is 17.7 Å². The number of imide groups is 1. The molecule has 2 amide bonds. The fraction of sp³-hybridized carbons (Fsp3) is 0.312. The molecule has 1 aliphatic heterocycles. The average Bonchev–Trinajstić information content (AvgIpc) is 2.86. The Morgan fingerprint density at radius 1 is 1.19 bits per heavy atom. The van der Waals surface area contributed by atoms with Crippen molar-refractivity contribution in [1.82, 2.24) is 0 Å². The zero-order valence-corrected chi connectivity index (χ0v) is 13.6. The molecule has 1 heterocycles. The summed E-state index contributed by atoms with van der Waals surface area (Å²) in [6.45, 7) is 0. The van der Waals surface area contributed by atoms with Gasteiger partial charge in [0.25, 0.3) is 11.8 Å². The number of ether oxygens (including phenoxy) is 2. The van der Waals surface area contributed by atoms with Crippen molar-refractivity contribution in [2.45, 2.75) is 25.7 Å². The Labute approximate surface area is 146 Å². The van der Waals surface area contributed by atoms with Crippen molar-refractivity contribution >= 4 is 29.3 Å². The van der Waals surface area contributed by atoms with Crippen LogP contribution < -0.4 is 9.64 Å². The van der Waals surface area contributed by atoms with E-state index in [0.29, 0.717) is 41.0 Å². The highest BCUT2D eigenvalue weighted by Crippen LogP contribution is 2.40. The second kappa shape index (κ2) is 6.54. The summed E-state index contributed by atoms with van der Waals surface area (Å²) in [5, 5.41) is 11.2. The second-order valence-corrected chi connectivity index (χ2v) is 5.69. The van der Waals surface area contributed by atoms with Crippen LogP contribution in [0, 0.1) is 15.9 Å². The summed E-state index contributed by atoms with van der Waals surface area (Å²) in [7, 11) is 0.983. The molecule has 0 spiro atoms. The maximum atomic E-state index is 14.5. The van der Waals surface area contributed by atoms with Gasteiger partial charge in [-0.1, -0.05) is 0 Å². The minimum absolute atomic E-state index is 0.318. The summed E-state index contributed by atoms with van der Waals surface area (Å²) in [5.41, 5.74) is -0.702. The van der Waals surface area contributed by atoms with Crippen LogP contribution in [0.25, 0.3) is 0 Å². The molecule has 0 radical (unpaired) electrons. The van der Waals surface area contributed by atoms with Crippen molar-refractivity contribution in [2.75, 3.05) is 12.0 Å². The molecule has 0 unspecified atom stereocenters. The number of amides is 2. The Bertz CT molecular complexity index is 850. The first-order valence-corrected chi connectivity index (χ1v) is 7.69. The van der Waals surface area contributed by atoms with Gasteiger partial charge in [0.15, 0.2) is 5.82 Å². The van der Waals surface area contributed by atoms with Crippen LogP contribution in [-0.2, 0) is 14.3 Å². The van der Waals surface area contributed by atoms with Crippen molar-refractivity contribution in [3.63, 3.8) is 0 Å². The number of benzene rings is 1. The highest BCUT2D eigenvalue weighted by molar-refractivity contribution is 6.33. The fourth-order valence-electron chi connectivity index (χ4n) is 3.02. The second-order valence-electron chi connectivity index (χ2n) is 5.69. The Morgan fingerprint density at radius 3 is 2.27 bits per heavy atom. The molecule has 136 valence electrons. The van der Waals surface area contributed by atoms with E-state index in [1.165, 1.54) is 0 Å². The van der Waals surface area contributed by atoms with Gasteiger partial charge < -0.3 is 9.47 Å². The summed E-state index contributed by atoms with van der Waals surface area (Å²) in [6.07, 6.45) is 1.01. The van der Waals surface area contributed by atoms with Gasteiger partial charge in [0.2, 0.25) is 5.75 Å². The number of hydrogen-bond acceptors (Lipinski definition) is 7. The highest BCUT2D eigenvalue weighted by Gasteiger charge is 2.41. The lowest BCUT2D eigenvalue weighted by atomic mass is 9.93. The van der Waals surface area contributed by atoms with Gasteiger partial charge in [0.1, 0.15) is 0 Å². The molecule has 0 saturated carbocycles. The predicted molar refractivity (Wildman–Crippen MR) is 84.1 cm³/mol. The highest BCUT2D eigenvalue weighted by atomic mass is 19.1. The summed E-state index contributed by atoms with van der Waals surface area (Å²) in [4.78, 5) is 47.1. The van der Waals surface area contributed by atoms with E-state index in [4.69, 9.17) is 0 Å². The quantitative estimate of drug-likeness (QED) is 0.266. The molecule has 3 rings (SSSR count). The normalized spacial score (nSPS) is 16.6. The summed E-state index contributed by atoms with van der Waals surface area (Å²) >= 11 is 0. The molecule has 0 aromatic heterocycles. The van der Waals surface area contributed by atoms with Crippen LogP contribution in [0.2, 0.25) is 0 Å². The van der Waals surface area contributed by atoms with Gasteiger partial charge in [-0.15, -0.1) is 0 Å². The van der Waals surface area contributed by atoms with Crippen molar-refractivity contribution in [1.29, 1.82) is 0 Å². The monoisotopic (exact) mass is 364 g/mol. The van der Waals surface area contributed by atoms with Gasteiger partial charge >= 0.3 is 11.8 Å². The standard InChI is InChI=1S/C16H13FN2O7/c1-25-16(22)26-13-6-10(17)11(7-12(13)19(23)24)18-14(20)8-4-2-3-5-9(8)15(18)21/h6-7H,2-5H2,1H3. The number of hydrogen-bond donors (Lipinski definition) is 0. The number of rotatable bonds is 3. The molecular weight excluding hydrogens is 351 g/mol. The molecule has 0 atom stereocenters. The maximum Gasteiger partial charge on any atom is 0.513 e. The molecule has 10 heteroatoms. The third-order valence-electron chi connectivity index (χ3n) is 4.22. The van der Waals surface area contributed by atoms with Gasteiger partial charge in [-0.2, -0.15) is 0 Å². The molecule has 1 aromatic carbocycles. The molecule has 2 aliphatic rings. The van der Waals surface area contributed by atoms with Crippen LogP contribution >= 0.6 is 0 Å². The number of nitro groups is 1. The zero-order chi connectivity index (χ0) is 19.0. The largest absolute Gasteiger partial charge is 0.513 e. The van der Waals surface area contributed by atoms with Gasteiger partial charge in [-0.05, 0) is 25.7 Å². The van der Waals surface area contributed by atoms with E-state index in [-0.39, 0.29) is 0 Å². The number of carbonyl (C=O) groups is 3. The van der Waals surface area contributed by atoms with E-state index in [1.807, 2.05) is 0 Å². The lowest BCUT2D eigenvalue weighted by molar-refractivity contribution is -0.385. The van der Waals surface area contributed by atoms with E-state index in [2.05, 4.69) is 9.47 Å². The minimum Gasteiger partial charge on any atom is -0.437 e. The molecule has 0 saturated heterocycles. The van der Waals surface area contributed by atoms with Crippen LogP contribution in [0.15, 0.2) is 23.3 Å². The Morgan fingerprint density at radius 2 is 1.77 bits per heavy atom. The van der Waals surface area contributed by atoms with Gasteiger partial charge in [0, 0.05) is 23.3 Å². The molecule has 9 nitrogen and oxygen atoms in total. The number of nitrogens with zero attached hydrogens (tertiary/aromatic N) is 2. The number of halogens is 1. The summed E-state index contributed by atoms with van der Waals surface area (Å²) < 4.78 is 23.3. The maximum absolute atomic E-state index is 14.5. The van der Waals surface area contributed by atoms with E-state index >= 15 is 0 Å². The fourth-order valence-corrected chi connectivity index (χ4v) is 3.02. The molecule has 1 aliphatic carbocycles. The molecule has 1 aromatic rings. The third kappa shape index (κ3) is 2.79. The number of nitro benzene ring substituents is 1. The topological polar surface area (TPSA) is 116 Å². The van der Waals surface area contributed by atoms with Crippen LogP contribution in [-0.4, -0.2) is 30.0 Å². The smallest absolute Gasteiger partial charge is 0.437 e.